The average Bonchev–Trinajstić information content (AvgIpc) is 2.83. The maximum absolute atomic E-state index is 14.4. The van der Waals surface area contributed by atoms with Crippen LogP contribution in [0.25, 0.3) is 0 Å². The molecule has 0 unspecified atom stereocenters. The Hall–Kier alpha value is -2.72. The van der Waals surface area contributed by atoms with Crippen molar-refractivity contribution in [2.45, 2.75) is 84.7 Å². The van der Waals surface area contributed by atoms with Crippen molar-refractivity contribution in [3.63, 3.8) is 0 Å². The lowest BCUT2D eigenvalue weighted by Gasteiger charge is -2.43. The number of alkyl halides is 29. The quantitative estimate of drug-likeness (QED) is 0.137. The molecular formula is C16H3F29O6. The Morgan fingerprint density at radius 1 is 0.333 bits per heavy atom. The molecule has 0 aromatic rings. The summed E-state index contributed by atoms with van der Waals surface area (Å²) in [6.07, 6.45) is -77.4. The molecule has 6 nitrogen and oxygen atoms in total. The van der Waals surface area contributed by atoms with Gasteiger partial charge in [0, 0.05) is 0 Å². The summed E-state index contributed by atoms with van der Waals surface area (Å²) in [4.78, 5) is 10.9. The first-order valence-electron chi connectivity index (χ1n) is 10.4. The molecule has 0 bridgehead atoms. The van der Waals surface area contributed by atoms with Crippen LogP contribution in [0.2, 0.25) is 0 Å². The molecule has 0 aliphatic rings. The van der Waals surface area contributed by atoms with Crippen molar-refractivity contribution in [1.82, 2.24) is 0 Å². The van der Waals surface area contributed by atoms with E-state index < -0.39 is 97.7 Å². The smallest absolute Gasteiger partial charge is 0.462 e. The van der Waals surface area contributed by atoms with Gasteiger partial charge in [-0.15, -0.1) is 0 Å². The Labute approximate surface area is 255 Å². The van der Waals surface area contributed by atoms with Gasteiger partial charge in [-0.05, 0) is 0 Å². The molecule has 0 aliphatic carbocycles. The zero-order chi connectivity index (χ0) is 42.1. The predicted molar refractivity (Wildman–Crippen MR) is 86.7 cm³/mol. The van der Waals surface area contributed by atoms with E-state index in [0.29, 0.717) is 0 Å². The number of ether oxygens (including phenoxy) is 5. The van der Waals surface area contributed by atoms with Crippen molar-refractivity contribution in [3.05, 3.63) is 0 Å². The van der Waals surface area contributed by atoms with Gasteiger partial charge >= 0.3 is 90.6 Å². The van der Waals surface area contributed by atoms with E-state index in [2.05, 4.69) is 4.74 Å². The minimum atomic E-state index is -9.24. The highest BCUT2D eigenvalue weighted by atomic mass is 19.4. The first-order valence-corrected chi connectivity index (χ1v) is 10.4. The van der Waals surface area contributed by atoms with Gasteiger partial charge in [-0.25, -0.2) is 4.79 Å². The van der Waals surface area contributed by atoms with Crippen LogP contribution in [0.4, 0.5) is 127 Å². The Kier molecular flexibility index (Phi) is 12.0. The highest BCUT2D eigenvalue weighted by Gasteiger charge is 2.90. The summed E-state index contributed by atoms with van der Waals surface area (Å²) in [7, 11) is -0.505. The Morgan fingerprint density at radius 3 is 0.765 bits per heavy atom. The van der Waals surface area contributed by atoms with E-state index in [1.54, 1.807) is 0 Å². The zero-order valence-electron chi connectivity index (χ0n) is 21.9. The maximum Gasteiger partial charge on any atom is 0.462 e. The maximum atomic E-state index is 14.4. The first-order chi connectivity index (χ1) is 21.6. The largest absolute Gasteiger partial charge is 0.465 e. The highest BCUT2D eigenvalue weighted by molar-refractivity contribution is 5.78. The Bertz CT molecular complexity index is 1250. The molecule has 0 rings (SSSR count). The lowest BCUT2D eigenvalue weighted by Crippen LogP contribution is -2.72. The summed E-state index contributed by atoms with van der Waals surface area (Å²) in [6, 6.07) is 0. The monoisotopic (exact) mass is 842 g/mol. The van der Waals surface area contributed by atoms with Gasteiger partial charge in [0.2, 0.25) is 0 Å². The van der Waals surface area contributed by atoms with Crippen molar-refractivity contribution >= 4 is 5.97 Å². The fraction of sp³-hybridized carbons (Fsp3) is 0.938. The molecular weight excluding hydrogens is 839 g/mol. The normalized spacial score (nSPS) is 20.2. The van der Waals surface area contributed by atoms with E-state index in [1.807, 2.05) is 0 Å². The number of halogens is 29. The molecule has 0 fully saturated rings. The van der Waals surface area contributed by atoms with Crippen molar-refractivity contribution < 1.29 is 156 Å². The molecule has 0 aromatic carbocycles. The van der Waals surface area contributed by atoms with Gasteiger partial charge in [0.15, 0.2) is 0 Å². The van der Waals surface area contributed by atoms with E-state index in [4.69, 9.17) is 0 Å². The second-order valence-electron chi connectivity index (χ2n) is 8.41. The average molecular weight is 842 g/mol. The summed E-state index contributed by atoms with van der Waals surface area (Å²) in [5.41, 5.74) is 0. The van der Waals surface area contributed by atoms with Crippen molar-refractivity contribution in [2.75, 3.05) is 7.11 Å². The molecule has 0 spiro atoms. The fourth-order valence-corrected chi connectivity index (χ4v) is 2.33. The number of rotatable bonds is 13. The molecule has 0 saturated heterocycles. The minimum Gasteiger partial charge on any atom is -0.465 e. The number of esters is 1. The third-order valence-corrected chi connectivity index (χ3v) is 4.83. The molecule has 0 N–H and O–H groups in total. The summed E-state index contributed by atoms with van der Waals surface area (Å²) >= 11 is 0. The summed E-state index contributed by atoms with van der Waals surface area (Å²) in [6.45, 7) is 0. The Morgan fingerprint density at radius 2 is 0.569 bits per heavy atom. The van der Waals surface area contributed by atoms with Crippen LogP contribution in [0, 0.1) is 0 Å². The second kappa shape index (κ2) is 12.7. The van der Waals surface area contributed by atoms with E-state index in [-0.39, 0.29) is 0 Å². The standard InChI is InChI=1S/C16H3F29O6/c1-47-2(46)3(17,8(23,24)25)48-14(40,41)5(20,10(29,30)31)50-16(44,45)7(22,12(35,36)37)51-15(42,43)6(21,11(32,33)34)49-13(38,39)4(18,19)9(26,27)28/h1H3/t3-,5-,6-,7-/m0/s1. The third-order valence-electron chi connectivity index (χ3n) is 4.83. The van der Waals surface area contributed by atoms with Crippen molar-refractivity contribution in [1.29, 1.82) is 0 Å². The van der Waals surface area contributed by atoms with Gasteiger partial charge in [-0.2, -0.15) is 127 Å². The number of carbonyl (C=O) groups excluding carboxylic acids is 1. The predicted octanol–water partition coefficient (Wildman–Crippen LogP) is 8.71. The third kappa shape index (κ3) is 7.97. The molecule has 4 atom stereocenters. The van der Waals surface area contributed by atoms with Gasteiger partial charge in [0.05, 0.1) is 7.11 Å². The fourth-order valence-electron chi connectivity index (χ4n) is 2.33. The second-order valence-corrected chi connectivity index (χ2v) is 8.41. The van der Waals surface area contributed by atoms with Gasteiger partial charge in [-0.1, -0.05) is 0 Å². The molecule has 0 aliphatic heterocycles. The number of hydrogen-bond donors (Lipinski definition) is 0. The van der Waals surface area contributed by atoms with Crippen LogP contribution in [-0.2, 0) is 28.5 Å². The molecule has 0 amide bonds. The zero-order valence-corrected chi connectivity index (χ0v) is 21.9. The van der Waals surface area contributed by atoms with E-state index in [9.17, 15) is 132 Å². The van der Waals surface area contributed by atoms with E-state index in [0.717, 1.165) is 14.2 Å². The Balaban J connectivity index is 7.72. The summed E-state index contributed by atoms with van der Waals surface area (Å²) < 4.78 is 392. The molecule has 0 radical (unpaired) electrons. The number of methoxy groups -OCH3 is 1. The van der Waals surface area contributed by atoms with Gasteiger partial charge in [0.25, 0.3) is 0 Å². The van der Waals surface area contributed by atoms with Crippen LogP contribution in [0.3, 0.4) is 0 Å². The van der Waals surface area contributed by atoms with Crippen LogP contribution in [0.5, 0.6) is 0 Å². The van der Waals surface area contributed by atoms with Crippen LogP contribution in [0.1, 0.15) is 0 Å². The van der Waals surface area contributed by atoms with Gasteiger partial charge in [0.1, 0.15) is 0 Å². The molecule has 0 saturated carbocycles. The molecule has 0 heterocycles. The van der Waals surface area contributed by atoms with Gasteiger partial charge < -0.3 is 4.74 Å². The number of hydrogen-bond acceptors (Lipinski definition) is 6. The molecule has 51 heavy (non-hydrogen) atoms. The lowest BCUT2D eigenvalue weighted by molar-refractivity contribution is -0.592. The molecule has 35 heteroatoms. The van der Waals surface area contributed by atoms with E-state index >= 15 is 0 Å². The number of carbonyl (C=O) groups is 1. The van der Waals surface area contributed by atoms with Gasteiger partial charge in [-0.3, -0.25) is 18.9 Å². The van der Waals surface area contributed by atoms with Crippen LogP contribution < -0.4 is 0 Å². The van der Waals surface area contributed by atoms with Crippen LogP contribution in [-0.4, -0.2) is 97.7 Å². The van der Waals surface area contributed by atoms with Crippen LogP contribution in [0.15, 0.2) is 0 Å². The first kappa shape index (κ1) is 48.3. The summed E-state index contributed by atoms with van der Waals surface area (Å²) in [5, 5.41) is 0. The van der Waals surface area contributed by atoms with Crippen LogP contribution >= 0.6 is 0 Å². The van der Waals surface area contributed by atoms with Crippen molar-refractivity contribution in [2.24, 2.45) is 0 Å². The van der Waals surface area contributed by atoms with Crippen molar-refractivity contribution in [3.8, 4) is 0 Å². The van der Waals surface area contributed by atoms with E-state index in [1.165, 1.54) is 4.74 Å². The summed E-state index contributed by atoms with van der Waals surface area (Å²) in [5.74, 6) is -47.0. The molecule has 306 valence electrons. The lowest BCUT2D eigenvalue weighted by atomic mass is 10.2. The molecule has 0 aromatic heterocycles. The highest BCUT2D eigenvalue weighted by Crippen LogP contribution is 2.61. The SMILES string of the molecule is COC(=O)[C@](F)(OC(F)(F)[C@@](F)(OC(F)(F)[C@@](F)(OC(F)(F)[C@@](F)(OC(F)(F)C(F)(F)C(F)(F)F)C(F)(F)F)C(F)(F)F)C(F)(F)F)C(F)(F)F. The topological polar surface area (TPSA) is 63.2 Å². The minimum absolute atomic E-state index is 0.505.